The van der Waals surface area contributed by atoms with Crippen LogP contribution in [0.15, 0.2) is 35.2 Å². The maximum atomic E-state index is 13.1. The van der Waals surface area contributed by atoms with Gasteiger partial charge in [0.15, 0.2) is 0 Å². The summed E-state index contributed by atoms with van der Waals surface area (Å²) in [5.74, 6) is 0.397. The molecule has 0 aromatic heterocycles. The molecule has 0 spiro atoms. The number of anilines is 2. The summed E-state index contributed by atoms with van der Waals surface area (Å²) in [4.78, 5) is 0.208. The first-order valence-electron chi connectivity index (χ1n) is 8.84. The third kappa shape index (κ3) is 3.81. The van der Waals surface area contributed by atoms with Gasteiger partial charge in [0.25, 0.3) is 10.0 Å². The molecule has 7 nitrogen and oxygen atoms in total. The van der Waals surface area contributed by atoms with Gasteiger partial charge in [0.1, 0.15) is 5.75 Å². The topological polar surface area (TPSA) is 92.8 Å². The number of nitrogens with zero attached hydrogens (tertiary/aromatic N) is 1. The van der Waals surface area contributed by atoms with Crippen molar-refractivity contribution in [1.29, 1.82) is 0 Å². The molecule has 1 heterocycles. The number of ether oxygens (including phenoxy) is 1. The molecular weight excluding hydrogens is 400 g/mol. The number of hydrogen-bond donors (Lipinski definition) is 1. The van der Waals surface area contributed by atoms with Crippen LogP contribution in [0.4, 0.5) is 11.4 Å². The minimum absolute atomic E-state index is 0.0852. The van der Waals surface area contributed by atoms with Gasteiger partial charge in [0.05, 0.1) is 29.1 Å². The van der Waals surface area contributed by atoms with Gasteiger partial charge in [0.2, 0.25) is 10.0 Å². The highest BCUT2D eigenvalue weighted by molar-refractivity contribution is 7.93. The molecule has 1 N–H and O–H groups in total. The Labute approximate surface area is 166 Å². The van der Waals surface area contributed by atoms with Crippen molar-refractivity contribution in [2.45, 2.75) is 32.1 Å². The number of hydrogen-bond acceptors (Lipinski definition) is 5. The van der Waals surface area contributed by atoms with E-state index >= 15 is 0 Å². The monoisotopic (exact) mass is 424 g/mol. The smallest absolute Gasteiger partial charge is 0.262 e. The van der Waals surface area contributed by atoms with E-state index in [9.17, 15) is 16.8 Å². The number of nitrogens with one attached hydrogen (secondary N) is 1. The molecule has 152 valence electrons. The minimum Gasteiger partial charge on any atom is -0.495 e. The molecule has 0 amide bonds. The van der Waals surface area contributed by atoms with Crippen LogP contribution in [0.5, 0.6) is 5.75 Å². The highest BCUT2D eigenvalue weighted by Gasteiger charge is 2.29. The molecule has 2 aromatic carbocycles. The molecule has 0 unspecified atom stereocenters. The zero-order chi connectivity index (χ0) is 20.7. The largest absolute Gasteiger partial charge is 0.495 e. The third-order valence-electron chi connectivity index (χ3n) is 4.69. The number of rotatable bonds is 5. The molecule has 0 radical (unpaired) electrons. The zero-order valence-electron chi connectivity index (χ0n) is 16.3. The molecule has 0 saturated carbocycles. The molecule has 1 aliphatic rings. The standard InChI is InChI=1S/C19H24N2O5S2/c1-13-10-14(2)19(15(3)11-13)28(24,25)20-17-12-16(6-7-18(17)26-4)21-8-5-9-27(21,22)23/h6-7,10-12,20H,5,8-9H2,1-4H3. The average Bonchev–Trinajstić information content (AvgIpc) is 2.92. The number of methoxy groups -OCH3 is 1. The van der Waals surface area contributed by atoms with Gasteiger partial charge in [-0.05, 0) is 56.5 Å². The van der Waals surface area contributed by atoms with E-state index < -0.39 is 20.0 Å². The molecule has 9 heteroatoms. The number of benzene rings is 2. The Morgan fingerprint density at radius 1 is 1.07 bits per heavy atom. The predicted octanol–water partition coefficient (Wildman–Crippen LogP) is 2.96. The SMILES string of the molecule is COc1ccc(N2CCCS2(=O)=O)cc1NS(=O)(=O)c1c(C)cc(C)cc1C. The molecule has 1 saturated heterocycles. The van der Waals surface area contributed by atoms with Crippen LogP contribution >= 0.6 is 0 Å². The maximum Gasteiger partial charge on any atom is 0.262 e. The van der Waals surface area contributed by atoms with Crippen molar-refractivity contribution in [3.63, 3.8) is 0 Å². The summed E-state index contributed by atoms with van der Waals surface area (Å²) in [5.41, 5.74) is 2.87. The van der Waals surface area contributed by atoms with Gasteiger partial charge in [0, 0.05) is 6.54 Å². The van der Waals surface area contributed by atoms with E-state index in [2.05, 4.69) is 4.72 Å². The van der Waals surface area contributed by atoms with Crippen molar-refractivity contribution in [2.24, 2.45) is 0 Å². The van der Waals surface area contributed by atoms with E-state index in [4.69, 9.17) is 4.74 Å². The Bertz CT molecular complexity index is 1100. The second kappa shape index (κ2) is 7.29. The average molecular weight is 425 g/mol. The summed E-state index contributed by atoms with van der Waals surface area (Å²) < 4.78 is 59.7. The normalized spacial score (nSPS) is 16.2. The molecule has 1 fully saturated rings. The van der Waals surface area contributed by atoms with Crippen molar-refractivity contribution >= 4 is 31.4 Å². The zero-order valence-corrected chi connectivity index (χ0v) is 17.9. The lowest BCUT2D eigenvalue weighted by Crippen LogP contribution is -2.25. The predicted molar refractivity (Wildman–Crippen MR) is 110 cm³/mol. The summed E-state index contributed by atoms with van der Waals surface area (Å²) >= 11 is 0. The summed E-state index contributed by atoms with van der Waals surface area (Å²) in [6, 6.07) is 8.30. The summed E-state index contributed by atoms with van der Waals surface area (Å²) in [7, 11) is -5.83. The highest BCUT2D eigenvalue weighted by Crippen LogP contribution is 2.34. The molecule has 0 bridgehead atoms. The first-order chi connectivity index (χ1) is 13.0. The van der Waals surface area contributed by atoms with Crippen molar-refractivity contribution < 1.29 is 21.6 Å². The lowest BCUT2D eigenvalue weighted by atomic mass is 10.1. The fourth-order valence-corrected chi connectivity index (χ4v) is 6.72. The Morgan fingerprint density at radius 2 is 1.71 bits per heavy atom. The van der Waals surface area contributed by atoms with Gasteiger partial charge in [-0.1, -0.05) is 17.7 Å². The minimum atomic E-state index is -3.89. The fourth-order valence-electron chi connectivity index (χ4n) is 3.65. The Kier molecular flexibility index (Phi) is 5.33. The van der Waals surface area contributed by atoms with Crippen LogP contribution in [0.1, 0.15) is 23.1 Å². The fraction of sp³-hybridized carbons (Fsp3) is 0.368. The van der Waals surface area contributed by atoms with E-state index in [0.717, 1.165) is 5.56 Å². The third-order valence-corrected chi connectivity index (χ3v) is 8.23. The van der Waals surface area contributed by atoms with Crippen molar-refractivity contribution in [3.8, 4) is 5.75 Å². The van der Waals surface area contributed by atoms with Gasteiger partial charge in [-0.15, -0.1) is 0 Å². The Hall–Kier alpha value is -2.26. The van der Waals surface area contributed by atoms with Crippen molar-refractivity contribution in [2.75, 3.05) is 28.4 Å². The maximum absolute atomic E-state index is 13.1. The van der Waals surface area contributed by atoms with Crippen LogP contribution in [-0.4, -0.2) is 36.2 Å². The first kappa shape index (κ1) is 20.5. The van der Waals surface area contributed by atoms with E-state index in [0.29, 0.717) is 35.5 Å². The van der Waals surface area contributed by atoms with Crippen LogP contribution in [0.2, 0.25) is 0 Å². The van der Waals surface area contributed by atoms with Crippen LogP contribution in [-0.2, 0) is 20.0 Å². The summed E-state index contributed by atoms with van der Waals surface area (Å²) in [5, 5.41) is 0. The quantitative estimate of drug-likeness (QED) is 0.797. The molecule has 2 aromatic rings. The van der Waals surface area contributed by atoms with Crippen LogP contribution in [0.25, 0.3) is 0 Å². The van der Waals surface area contributed by atoms with Crippen molar-refractivity contribution in [3.05, 3.63) is 47.0 Å². The van der Waals surface area contributed by atoms with Crippen molar-refractivity contribution in [1.82, 2.24) is 0 Å². The van der Waals surface area contributed by atoms with Crippen LogP contribution < -0.4 is 13.8 Å². The molecular formula is C19H24N2O5S2. The van der Waals surface area contributed by atoms with E-state index in [-0.39, 0.29) is 16.3 Å². The van der Waals surface area contributed by atoms with E-state index in [1.807, 2.05) is 19.1 Å². The van der Waals surface area contributed by atoms with E-state index in [1.165, 1.54) is 17.5 Å². The number of sulfonamides is 2. The lowest BCUT2D eigenvalue weighted by molar-refractivity contribution is 0.417. The Balaban J connectivity index is 2.05. The Morgan fingerprint density at radius 3 is 2.25 bits per heavy atom. The molecule has 0 aliphatic carbocycles. The van der Waals surface area contributed by atoms with E-state index in [1.54, 1.807) is 26.0 Å². The molecule has 3 rings (SSSR count). The molecule has 0 atom stereocenters. The highest BCUT2D eigenvalue weighted by atomic mass is 32.2. The number of aryl methyl sites for hydroxylation is 3. The van der Waals surface area contributed by atoms with Crippen LogP contribution in [0.3, 0.4) is 0 Å². The van der Waals surface area contributed by atoms with Crippen LogP contribution in [0, 0.1) is 20.8 Å². The first-order valence-corrected chi connectivity index (χ1v) is 11.9. The molecule has 28 heavy (non-hydrogen) atoms. The van der Waals surface area contributed by atoms with Gasteiger partial charge < -0.3 is 4.74 Å². The summed E-state index contributed by atoms with van der Waals surface area (Å²) in [6.45, 7) is 5.78. The van der Waals surface area contributed by atoms with Gasteiger partial charge in [-0.25, -0.2) is 16.8 Å². The van der Waals surface area contributed by atoms with Gasteiger partial charge in [-0.2, -0.15) is 0 Å². The second-order valence-electron chi connectivity index (χ2n) is 6.96. The second-order valence-corrected chi connectivity index (χ2v) is 10.6. The summed E-state index contributed by atoms with van der Waals surface area (Å²) in [6.07, 6.45) is 0.539. The lowest BCUT2D eigenvalue weighted by Gasteiger charge is -2.20. The van der Waals surface area contributed by atoms with Gasteiger partial charge >= 0.3 is 0 Å². The molecule has 1 aliphatic heterocycles. The van der Waals surface area contributed by atoms with Gasteiger partial charge in [-0.3, -0.25) is 9.03 Å².